The fourth-order valence-electron chi connectivity index (χ4n) is 1.60. The lowest BCUT2D eigenvalue weighted by Crippen LogP contribution is -2.28. The molecule has 3 nitrogen and oxygen atoms in total. The number of hydrogen-bond acceptors (Lipinski definition) is 3. The molecule has 0 amide bonds. The zero-order valence-corrected chi connectivity index (χ0v) is 11.0. The summed E-state index contributed by atoms with van der Waals surface area (Å²) in [6.07, 6.45) is -4.69. The molecule has 1 N–H and O–H groups in total. The summed E-state index contributed by atoms with van der Waals surface area (Å²) in [6, 6.07) is 4.24. The first-order chi connectivity index (χ1) is 8.35. The molecule has 0 saturated heterocycles. The van der Waals surface area contributed by atoms with Gasteiger partial charge in [-0.25, -0.2) is 0 Å². The van der Waals surface area contributed by atoms with Crippen LogP contribution in [0, 0.1) is 0 Å². The fourth-order valence-corrected chi connectivity index (χ4v) is 2.03. The van der Waals surface area contributed by atoms with Crippen LogP contribution in [0.5, 0.6) is 5.75 Å². The Morgan fingerprint density at radius 3 is 2.72 bits per heavy atom. The Morgan fingerprint density at radius 1 is 1.44 bits per heavy atom. The molecule has 1 atom stereocenters. The van der Waals surface area contributed by atoms with Gasteiger partial charge in [-0.15, -0.1) is 13.2 Å². The van der Waals surface area contributed by atoms with Crippen molar-refractivity contribution in [3.8, 4) is 5.75 Å². The molecule has 0 radical (unpaired) electrons. The molecule has 0 aromatic heterocycles. The standard InChI is InChI=1S/C11H10BrF3N2O/c1-6-5-16-10(17-6)8-4-7(2-3-9(8)12)18-11(13,14)15/h2-4,6H,5H2,1H3,(H,16,17). The number of benzene rings is 1. The van der Waals surface area contributed by atoms with Gasteiger partial charge in [0.25, 0.3) is 0 Å². The van der Waals surface area contributed by atoms with Gasteiger partial charge in [0, 0.05) is 16.1 Å². The molecule has 98 valence electrons. The number of ether oxygens (including phenoxy) is 1. The van der Waals surface area contributed by atoms with Crippen LogP contribution in [-0.2, 0) is 0 Å². The van der Waals surface area contributed by atoms with Crippen molar-refractivity contribution in [1.82, 2.24) is 5.32 Å². The second-order valence-electron chi connectivity index (χ2n) is 3.92. The number of hydrogen-bond donors (Lipinski definition) is 1. The third kappa shape index (κ3) is 3.16. The number of amidine groups is 1. The summed E-state index contributed by atoms with van der Waals surface area (Å²) in [6.45, 7) is 2.55. The Morgan fingerprint density at radius 2 is 2.17 bits per heavy atom. The molecule has 1 aromatic rings. The third-order valence-corrected chi connectivity index (χ3v) is 3.02. The molecule has 1 heterocycles. The molecule has 0 spiro atoms. The van der Waals surface area contributed by atoms with Crippen LogP contribution in [0.2, 0.25) is 0 Å². The second kappa shape index (κ2) is 4.79. The van der Waals surface area contributed by atoms with Gasteiger partial charge in [0.15, 0.2) is 0 Å². The smallest absolute Gasteiger partial charge is 0.406 e. The maximum Gasteiger partial charge on any atom is 0.573 e. The zero-order chi connectivity index (χ0) is 13.3. The van der Waals surface area contributed by atoms with Crippen molar-refractivity contribution in [2.24, 2.45) is 4.99 Å². The van der Waals surface area contributed by atoms with E-state index >= 15 is 0 Å². The highest BCUT2D eigenvalue weighted by Crippen LogP contribution is 2.28. The van der Waals surface area contributed by atoms with E-state index < -0.39 is 6.36 Å². The van der Waals surface area contributed by atoms with Crippen LogP contribution in [0.3, 0.4) is 0 Å². The molecule has 0 bridgehead atoms. The van der Waals surface area contributed by atoms with Crippen LogP contribution in [0.25, 0.3) is 0 Å². The third-order valence-electron chi connectivity index (χ3n) is 2.33. The first kappa shape index (κ1) is 13.2. The quantitative estimate of drug-likeness (QED) is 0.907. The van der Waals surface area contributed by atoms with Crippen LogP contribution in [0.1, 0.15) is 12.5 Å². The summed E-state index contributed by atoms with van der Waals surface area (Å²) in [7, 11) is 0. The predicted molar refractivity (Wildman–Crippen MR) is 64.8 cm³/mol. The highest BCUT2D eigenvalue weighted by Gasteiger charge is 2.31. The molecule has 18 heavy (non-hydrogen) atoms. The van der Waals surface area contributed by atoms with Crippen LogP contribution in [0.15, 0.2) is 27.7 Å². The molecule has 0 saturated carbocycles. The van der Waals surface area contributed by atoms with Gasteiger partial charge in [0.05, 0.1) is 6.54 Å². The minimum atomic E-state index is -4.69. The number of halogens is 4. The van der Waals surface area contributed by atoms with E-state index in [9.17, 15) is 13.2 Å². The van der Waals surface area contributed by atoms with Crippen molar-refractivity contribution >= 4 is 21.8 Å². The van der Waals surface area contributed by atoms with Gasteiger partial charge < -0.3 is 10.1 Å². The average molecular weight is 323 g/mol. The summed E-state index contributed by atoms with van der Waals surface area (Å²) in [5, 5.41) is 3.08. The predicted octanol–water partition coefficient (Wildman–Crippen LogP) is 3.09. The lowest BCUT2D eigenvalue weighted by atomic mass is 10.2. The van der Waals surface area contributed by atoms with Gasteiger partial charge in [0.1, 0.15) is 11.6 Å². The molecule has 1 aliphatic rings. The van der Waals surface area contributed by atoms with E-state index in [0.29, 0.717) is 22.4 Å². The van der Waals surface area contributed by atoms with Gasteiger partial charge in [-0.05, 0) is 25.1 Å². The normalized spacial score (nSPS) is 19.4. The van der Waals surface area contributed by atoms with Gasteiger partial charge in [-0.3, -0.25) is 4.99 Å². The number of rotatable bonds is 2. The molecule has 7 heteroatoms. The van der Waals surface area contributed by atoms with E-state index in [1.165, 1.54) is 18.2 Å². The van der Waals surface area contributed by atoms with E-state index in [0.717, 1.165) is 0 Å². The minimum absolute atomic E-state index is 0.180. The molecule has 1 unspecified atom stereocenters. The van der Waals surface area contributed by atoms with Crippen LogP contribution in [0.4, 0.5) is 13.2 Å². The highest BCUT2D eigenvalue weighted by atomic mass is 79.9. The van der Waals surface area contributed by atoms with Gasteiger partial charge >= 0.3 is 6.36 Å². The Hall–Kier alpha value is -1.24. The summed E-state index contributed by atoms with van der Waals surface area (Å²) in [4.78, 5) is 4.22. The molecular formula is C11H10BrF3N2O. The highest BCUT2D eigenvalue weighted by molar-refractivity contribution is 9.10. The summed E-state index contributed by atoms with van der Waals surface area (Å²) in [5.41, 5.74) is 0.557. The Balaban J connectivity index is 2.28. The molecule has 0 aliphatic carbocycles. The Bertz CT molecular complexity index is 488. The molecular weight excluding hydrogens is 313 g/mol. The summed E-state index contributed by atoms with van der Waals surface area (Å²) >= 11 is 3.28. The maximum absolute atomic E-state index is 12.1. The van der Waals surface area contributed by atoms with Crippen molar-refractivity contribution in [2.45, 2.75) is 19.3 Å². The second-order valence-corrected chi connectivity index (χ2v) is 4.78. The van der Waals surface area contributed by atoms with Crippen molar-refractivity contribution in [3.05, 3.63) is 28.2 Å². The largest absolute Gasteiger partial charge is 0.573 e. The van der Waals surface area contributed by atoms with E-state index in [-0.39, 0.29) is 11.8 Å². The van der Waals surface area contributed by atoms with Crippen molar-refractivity contribution < 1.29 is 17.9 Å². The number of nitrogens with one attached hydrogen (secondary N) is 1. The van der Waals surface area contributed by atoms with Gasteiger partial charge in [0.2, 0.25) is 0 Å². The Labute approximate surface area is 110 Å². The fraction of sp³-hybridized carbons (Fsp3) is 0.364. The van der Waals surface area contributed by atoms with Gasteiger partial charge in [-0.1, -0.05) is 15.9 Å². The Kier molecular flexibility index (Phi) is 3.52. The summed E-state index contributed by atoms with van der Waals surface area (Å²) < 4.78 is 40.9. The van der Waals surface area contributed by atoms with Crippen LogP contribution >= 0.6 is 15.9 Å². The maximum atomic E-state index is 12.1. The lowest BCUT2D eigenvalue weighted by Gasteiger charge is -2.12. The number of nitrogens with zero attached hydrogens (tertiary/aromatic N) is 1. The molecule has 1 aromatic carbocycles. The summed E-state index contributed by atoms with van der Waals surface area (Å²) in [5.74, 6) is 0.312. The van der Waals surface area contributed by atoms with E-state index in [2.05, 4.69) is 31.0 Å². The van der Waals surface area contributed by atoms with Crippen LogP contribution < -0.4 is 10.1 Å². The monoisotopic (exact) mass is 322 g/mol. The number of aliphatic imine (C=N–C) groups is 1. The number of alkyl halides is 3. The zero-order valence-electron chi connectivity index (χ0n) is 9.38. The molecule has 2 rings (SSSR count). The first-order valence-corrected chi connectivity index (χ1v) is 6.01. The van der Waals surface area contributed by atoms with Crippen molar-refractivity contribution in [3.63, 3.8) is 0 Å². The van der Waals surface area contributed by atoms with E-state index in [1.54, 1.807) is 0 Å². The molecule has 0 fully saturated rings. The van der Waals surface area contributed by atoms with E-state index in [4.69, 9.17) is 0 Å². The average Bonchev–Trinajstić information content (AvgIpc) is 2.66. The van der Waals surface area contributed by atoms with Gasteiger partial charge in [-0.2, -0.15) is 0 Å². The lowest BCUT2D eigenvalue weighted by molar-refractivity contribution is -0.274. The van der Waals surface area contributed by atoms with E-state index in [1.807, 2.05) is 6.92 Å². The minimum Gasteiger partial charge on any atom is -0.406 e. The molecule has 1 aliphatic heterocycles. The van der Waals surface area contributed by atoms with Crippen molar-refractivity contribution in [2.75, 3.05) is 6.54 Å². The first-order valence-electron chi connectivity index (χ1n) is 5.22. The van der Waals surface area contributed by atoms with Crippen LogP contribution in [-0.4, -0.2) is 24.8 Å². The topological polar surface area (TPSA) is 33.6 Å². The van der Waals surface area contributed by atoms with Crippen molar-refractivity contribution in [1.29, 1.82) is 0 Å². The SMILES string of the molecule is CC1CN=C(c2cc(OC(F)(F)F)ccc2Br)N1.